The zero-order chi connectivity index (χ0) is 20.3. The quantitative estimate of drug-likeness (QED) is 0.560. The molecule has 0 aliphatic carbocycles. The number of rotatable bonds is 6. The van der Waals surface area contributed by atoms with Crippen molar-refractivity contribution in [2.45, 2.75) is 25.2 Å². The summed E-state index contributed by atoms with van der Waals surface area (Å²) in [5, 5.41) is 3.22. The average Bonchev–Trinajstić information content (AvgIpc) is 3.04. The molecule has 1 aromatic carbocycles. The highest BCUT2D eigenvalue weighted by molar-refractivity contribution is 7.92. The minimum Gasteiger partial charge on any atom is -0.302 e. The van der Waals surface area contributed by atoms with E-state index in [0.717, 1.165) is 4.88 Å². The lowest BCUT2D eigenvalue weighted by Crippen LogP contribution is -2.13. The third kappa shape index (κ3) is 4.49. The Morgan fingerprint density at radius 2 is 1.96 bits per heavy atom. The smallest absolute Gasteiger partial charge is 0.261 e. The summed E-state index contributed by atoms with van der Waals surface area (Å²) in [5.41, 5.74) is 1.49. The zero-order valence-electron chi connectivity index (χ0n) is 15.1. The van der Waals surface area contributed by atoms with Gasteiger partial charge in [0.15, 0.2) is 10.3 Å². The minimum absolute atomic E-state index is 0.0323. The van der Waals surface area contributed by atoms with Crippen molar-refractivity contribution < 1.29 is 13.2 Å². The van der Waals surface area contributed by atoms with Gasteiger partial charge in [-0.3, -0.25) is 9.52 Å². The number of benzene rings is 1. The first-order valence-electron chi connectivity index (χ1n) is 8.31. The predicted octanol–water partition coefficient (Wildman–Crippen LogP) is 4.32. The molecule has 3 aromatic rings. The first-order chi connectivity index (χ1) is 13.3. The van der Waals surface area contributed by atoms with Crippen LogP contribution in [0.5, 0.6) is 0 Å². The number of aromatic nitrogens is 2. The molecule has 0 saturated heterocycles. The second-order valence-corrected chi connectivity index (χ2v) is 8.86. The molecule has 10 heteroatoms. The molecule has 0 aliphatic heterocycles. The first-order valence-corrected chi connectivity index (χ1v) is 11.0. The standard InChI is InChI=1S/C18H17ClN4O3S2/c1-3-15(24)22-18-21-11(2)16(27-18)12-9-14(17(19)20-10-12)23-28(25,26)13-7-5-4-6-8-13/h4-10,23H,3H2,1-2H3,(H,21,22,24). The Bertz CT molecular complexity index is 1120. The van der Waals surface area contributed by atoms with Gasteiger partial charge >= 0.3 is 0 Å². The first kappa shape index (κ1) is 20.2. The summed E-state index contributed by atoms with van der Waals surface area (Å²) in [4.78, 5) is 20.9. The van der Waals surface area contributed by atoms with Crippen LogP contribution in [-0.4, -0.2) is 24.3 Å². The summed E-state index contributed by atoms with van der Waals surface area (Å²) >= 11 is 7.38. The Hall–Kier alpha value is -2.49. The fourth-order valence-corrected chi connectivity index (χ4v) is 4.62. The number of halogens is 1. The van der Waals surface area contributed by atoms with Crippen LogP contribution in [-0.2, 0) is 14.8 Å². The van der Waals surface area contributed by atoms with Crippen LogP contribution in [0.3, 0.4) is 0 Å². The summed E-state index contributed by atoms with van der Waals surface area (Å²) < 4.78 is 27.6. The number of amides is 1. The lowest BCUT2D eigenvalue weighted by molar-refractivity contribution is -0.115. The summed E-state index contributed by atoms with van der Waals surface area (Å²) in [6.45, 7) is 3.56. The molecule has 0 spiro atoms. The number of hydrogen-bond acceptors (Lipinski definition) is 6. The monoisotopic (exact) mass is 436 g/mol. The van der Waals surface area contributed by atoms with Crippen LogP contribution in [0.1, 0.15) is 19.0 Å². The lowest BCUT2D eigenvalue weighted by Gasteiger charge is -2.10. The van der Waals surface area contributed by atoms with Gasteiger partial charge in [0.25, 0.3) is 10.0 Å². The summed E-state index contributed by atoms with van der Waals surface area (Å²) in [5.74, 6) is -0.133. The number of hydrogen-bond donors (Lipinski definition) is 2. The molecule has 2 heterocycles. The van der Waals surface area contributed by atoms with Crippen LogP contribution in [0.2, 0.25) is 5.15 Å². The van der Waals surface area contributed by atoms with Crippen molar-refractivity contribution in [3.8, 4) is 10.4 Å². The highest BCUT2D eigenvalue weighted by atomic mass is 35.5. The molecule has 0 unspecified atom stereocenters. The molecule has 0 atom stereocenters. The third-order valence-corrected chi connectivity index (χ3v) is 6.57. The molecule has 0 saturated carbocycles. The number of sulfonamides is 1. The highest BCUT2D eigenvalue weighted by Crippen LogP contribution is 2.35. The van der Waals surface area contributed by atoms with Gasteiger partial charge in [0, 0.05) is 18.2 Å². The lowest BCUT2D eigenvalue weighted by atomic mass is 10.2. The van der Waals surface area contributed by atoms with Crippen molar-refractivity contribution in [1.29, 1.82) is 0 Å². The van der Waals surface area contributed by atoms with Crippen LogP contribution >= 0.6 is 22.9 Å². The fourth-order valence-electron chi connectivity index (χ4n) is 2.37. The fraction of sp³-hybridized carbons (Fsp3) is 0.167. The maximum atomic E-state index is 12.6. The van der Waals surface area contributed by atoms with Crippen molar-refractivity contribution in [3.05, 3.63) is 53.4 Å². The number of carbonyl (C=O) groups excluding carboxylic acids is 1. The number of anilines is 2. The van der Waals surface area contributed by atoms with Gasteiger partial charge in [-0.15, -0.1) is 0 Å². The van der Waals surface area contributed by atoms with Gasteiger partial charge in [-0.1, -0.05) is 48.1 Å². The largest absolute Gasteiger partial charge is 0.302 e. The number of thiazole rings is 1. The predicted molar refractivity (Wildman–Crippen MR) is 111 cm³/mol. The van der Waals surface area contributed by atoms with Gasteiger partial charge in [-0.2, -0.15) is 0 Å². The minimum atomic E-state index is -3.80. The SMILES string of the molecule is CCC(=O)Nc1nc(C)c(-c2cnc(Cl)c(NS(=O)(=O)c3ccccc3)c2)s1. The maximum Gasteiger partial charge on any atom is 0.261 e. The van der Waals surface area contributed by atoms with Crippen LogP contribution < -0.4 is 10.0 Å². The van der Waals surface area contributed by atoms with E-state index in [1.807, 2.05) is 0 Å². The number of nitrogens with zero attached hydrogens (tertiary/aromatic N) is 2. The Kier molecular flexibility index (Phi) is 5.97. The van der Waals surface area contributed by atoms with E-state index in [1.54, 1.807) is 38.1 Å². The molecule has 0 aliphatic rings. The topological polar surface area (TPSA) is 101 Å². The van der Waals surface area contributed by atoms with Crippen LogP contribution in [0.25, 0.3) is 10.4 Å². The van der Waals surface area contributed by atoms with Gasteiger partial charge in [-0.25, -0.2) is 18.4 Å². The van der Waals surface area contributed by atoms with Crippen LogP contribution in [0.4, 0.5) is 10.8 Å². The molecule has 28 heavy (non-hydrogen) atoms. The van der Waals surface area contributed by atoms with E-state index in [4.69, 9.17) is 11.6 Å². The van der Waals surface area contributed by atoms with E-state index in [1.165, 1.54) is 29.7 Å². The van der Waals surface area contributed by atoms with E-state index >= 15 is 0 Å². The van der Waals surface area contributed by atoms with E-state index < -0.39 is 10.0 Å². The number of carbonyl (C=O) groups is 1. The Labute approximate surface area is 171 Å². The van der Waals surface area contributed by atoms with Crippen LogP contribution in [0, 0.1) is 6.92 Å². The average molecular weight is 437 g/mol. The highest BCUT2D eigenvalue weighted by Gasteiger charge is 2.18. The van der Waals surface area contributed by atoms with Gasteiger partial charge in [0.1, 0.15) is 0 Å². The molecule has 2 aromatic heterocycles. The molecular formula is C18H17ClN4O3S2. The summed E-state index contributed by atoms with van der Waals surface area (Å²) in [6.07, 6.45) is 1.89. The third-order valence-electron chi connectivity index (χ3n) is 3.76. The molecule has 2 N–H and O–H groups in total. The molecule has 146 valence electrons. The van der Waals surface area contributed by atoms with E-state index in [9.17, 15) is 13.2 Å². The zero-order valence-corrected chi connectivity index (χ0v) is 17.5. The van der Waals surface area contributed by atoms with E-state index in [2.05, 4.69) is 20.0 Å². The van der Waals surface area contributed by atoms with Crippen molar-refractivity contribution in [2.75, 3.05) is 10.0 Å². The molecule has 0 fully saturated rings. The van der Waals surface area contributed by atoms with Gasteiger partial charge in [-0.05, 0) is 25.1 Å². The molecule has 3 rings (SSSR count). The molecule has 0 bridgehead atoms. The van der Waals surface area contributed by atoms with E-state index in [0.29, 0.717) is 22.8 Å². The number of nitrogens with one attached hydrogen (secondary N) is 2. The normalized spacial score (nSPS) is 11.2. The van der Waals surface area contributed by atoms with E-state index in [-0.39, 0.29) is 21.6 Å². The number of pyridine rings is 1. The Balaban J connectivity index is 1.93. The van der Waals surface area contributed by atoms with Crippen LogP contribution in [0.15, 0.2) is 47.5 Å². The second kappa shape index (κ2) is 8.26. The van der Waals surface area contributed by atoms with Crippen molar-refractivity contribution in [1.82, 2.24) is 9.97 Å². The van der Waals surface area contributed by atoms with Crippen molar-refractivity contribution in [3.63, 3.8) is 0 Å². The molecule has 1 amide bonds. The Morgan fingerprint density at radius 3 is 2.64 bits per heavy atom. The molecule has 7 nitrogen and oxygen atoms in total. The van der Waals surface area contributed by atoms with Crippen molar-refractivity contribution >= 4 is 49.7 Å². The van der Waals surface area contributed by atoms with Gasteiger partial charge < -0.3 is 5.32 Å². The van der Waals surface area contributed by atoms with Gasteiger partial charge in [0.2, 0.25) is 5.91 Å². The molecular weight excluding hydrogens is 420 g/mol. The molecule has 0 radical (unpaired) electrons. The Morgan fingerprint density at radius 1 is 1.25 bits per heavy atom. The van der Waals surface area contributed by atoms with Crippen molar-refractivity contribution in [2.24, 2.45) is 0 Å². The number of aryl methyl sites for hydroxylation is 1. The summed E-state index contributed by atoms with van der Waals surface area (Å²) in [7, 11) is -3.80. The maximum absolute atomic E-state index is 12.6. The van der Waals surface area contributed by atoms with Gasteiger partial charge in [0.05, 0.1) is 21.2 Å². The summed E-state index contributed by atoms with van der Waals surface area (Å²) in [6, 6.07) is 9.58. The second-order valence-electron chi connectivity index (χ2n) is 5.82.